The van der Waals surface area contributed by atoms with E-state index in [-0.39, 0.29) is 5.82 Å². The van der Waals surface area contributed by atoms with Crippen LogP contribution in [0.4, 0.5) is 10.1 Å². The van der Waals surface area contributed by atoms with Gasteiger partial charge in [-0.25, -0.2) is 4.39 Å². The van der Waals surface area contributed by atoms with Crippen molar-refractivity contribution in [2.45, 2.75) is 13.5 Å². The molecule has 2 aromatic rings. The Hall–Kier alpha value is -1.55. The summed E-state index contributed by atoms with van der Waals surface area (Å²) in [6.07, 6.45) is 0. The number of rotatable bonds is 4. The molecular formula is C15H15BrFNO. The Labute approximate surface area is 120 Å². The van der Waals surface area contributed by atoms with Crippen LogP contribution in [0.25, 0.3) is 0 Å². The molecule has 0 bridgehead atoms. The number of hydrogen-bond donors (Lipinski definition) is 1. The average Bonchev–Trinajstić information content (AvgIpc) is 2.40. The maximum Gasteiger partial charge on any atom is 0.133 e. The van der Waals surface area contributed by atoms with Crippen molar-refractivity contribution in [3.8, 4) is 5.75 Å². The summed E-state index contributed by atoms with van der Waals surface area (Å²) < 4.78 is 19.5. The molecule has 0 radical (unpaired) electrons. The fourth-order valence-electron chi connectivity index (χ4n) is 1.73. The van der Waals surface area contributed by atoms with E-state index in [0.717, 1.165) is 21.5 Å². The molecule has 0 saturated carbocycles. The van der Waals surface area contributed by atoms with Crippen LogP contribution < -0.4 is 10.1 Å². The second-order valence-electron chi connectivity index (χ2n) is 4.29. The van der Waals surface area contributed by atoms with E-state index in [9.17, 15) is 4.39 Å². The van der Waals surface area contributed by atoms with E-state index in [2.05, 4.69) is 21.2 Å². The quantitative estimate of drug-likeness (QED) is 0.893. The van der Waals surface area contributed by atoms with Gasteiger partial charge < -0.3 is 10.1 Å². The lowest BCUT2D eigenvalue weighted by molar-refractivity contribution is 0.412. The Morgan fingerprint density at radius 3 is 2.63 bits per heavy atom. The average molecular weight is 324 g/mol. The molecule has 0 aliphatic carbocycles. The molecule has 0 unspecified atom stereocenters. The molecule has 0 saturated heterocycles. The van der Waals surface area contributed by atoms with Gasteiger partial charge in [-0.3, -0.25) is 0 Å². The summed E-state index contributed by atoms with van der Waals surface area (Å²) in [7, 11) is 1.63. The largest absolute Gasteiger partial charge is 0.496 e. The highest BCUT2D eigenvalue weighted by Crippen LogP contribution is 2.27. The summed E-state index contributed by atoms with van der Waals surface area (Å²) in [6, 6.07) is 11.0. The summed E-state index contributed by atoms with van der Waals surface area (Å²) in [5, 5.41) is 3.25. The predicted molar refractivity (Wildman–Crippen MR) is 79.2 cm³/mol. The van der Waals surface area contributed by atoms with Crippen LogP contribution >= 0.6 is 15.9 Å². The molecule has 2 rings (SSSR count). The minimum Gasteiger partial charge on any atom is -0.496 e. The fourth-order valence-corrected chi connectivity index (χ4v) is 2.27. The van der Waals surface area contributed by atoms with Gasteiger partial charge in [-0.2, -0.15) is 0 Å². The minimum absolute atomic E-state index is 0.171. The second-order valence-corrected chi connectivity index (χ2v) is 5.14. The number of aryl methyl sites for hydroxylation is 1. The van der Waals surface area contributed by atoms with Crippen LogP contribution in [-0.4, -0.2) is 7.11 Å². The number of benzene rings is 2. The number of methoxy groups -OCH3 is 1. The Bertz CT molecular complexity index is 586. The molecule has 2 nitrogen and oxygen atoms in total. The van der Waals surface area contributed by atoms with Crippen LogP contribution in [0.2, 0.25) is 0 Å². The number of halogens is 2. The zero-order valence-corrected chi connectivity index (χ0v) is 12.4. The van der Waals surface area contributed by atoms with Gasteiger partial charge >= 0.3 is 0 Å². The molecule has 0 aliphatic heterocycles. The monoisotopic (exact) mass is 323 g/mol. The lowest BCUT2D eigenvalue weighted by Crippen LogP contribution is -2.00. The molecule has 0 spiro atoms. The first-order valence-electron chi connectivity index (χ1n) is 5.92. The van der Waals surface area contributed by atoms with E-state index in [1.807, 2.05) is 24.3 Å². The van der Waals surface area contributed by atoms with Gasteiger partial charge in [-0.1, -0.05) is 12.1 Å². The zero-order valence-electron chi connectivity index (χ0n) is 10.8. The highest BCUT2D eigenvalue weighted by Gasteiger charge is 2.02. The normalized spacial score (nSPS) is 10.3. The van der Waals surface area contributed by atoms with E-state index in [1.54, 1.807) is 26.2 Å². The van der Waals surface area contributed by atoms with Crippen LogP contribution in [0.3, 0.4) is 0 Å². The smallest absolute Gasteiger partial charge is 0.133 e. The third-order valence-electron chi connectivity index (χ3n) is 2.88. The number of anilines is 1. The van der Waals surface area contributed by atoms with Gasteiger partial charge in [0.05, 0.1) is 11.6 Å². The molecule has 0 fully saturated rings. The first-order valence-corrected chi connectivity index (χ1v) is 6.72. The van der Waals surface area contributed by atoms with E-state index in [4.69, 9.17) is 4.74 Å². The van der Waals surface area contributed by atoms with Gasteiger partial charge in [-0.05, 0) is 58.2 Å². The number of ether oxygens (including phenoxy) is 1. The van der Waals surface area contributed by atoms with Gasteiger partial charge in [0.1, 0.15) is 11.6 Å². The standard InChI is InChI=1S/C15H15BrFNO/c1-10-3-4-11(7-14(10)17)9-18-12-5-6-15(19-2)13(16)8-12/h3-8,18H,9H2,1-2H3. The summed E-state index contributed by atoms with van der Waals surface area (Å²) >= 11 is 3.43. The molecule has 0 amide bonds. The maximum atomic E-state index is 13.4. The Morgan fingerprint density at radius 2 is 2.00 bits per heavy atom. The minimum atomic E-state index is -0.171. The van der Waals surface area contributed by atoms with Crippen LogP contribution in [-0.2, 0) is 6.54 Å². The molecule has 1 N–H and O–H groups in total. The van der Waals surface area contributed by atoms with Gasteiger partial charge in [0, 0.05) is 12.2 Å². The first kappa shape index (κ1) is 13.9. The van der Waals surface area contributed by atoms with Crippen molar-refractivity contribution in [2.75, 3.05) is 12.4 Å². The third-order valence-corrected chi connectivity index (χ3v) is 3.50. The maximum absolute atomic E-state index is 13.4. The van der Waals surface area contributed by atoms with Crippen LogP contribution in [0.1, 0.15) is 11.1 Å². The molecule has 19 heavy (non-hydrogen) atoms. The fraction of sp³-hybridized carbons (Fsp3) is 0.200. The molecule has 0 atom stereocenters. The van der Waals surface area contributed by atoms with E-state index in [1.165, 1.54) is 0 Å². The Morgan fingerprint density at radius 1 is 1.21 bits per heavy atom. The molecule has 100 valence electrons. The van der Waals surface area contributed by atoms with Gasteiger partial charge in [-0.15, -0.1) is 0 Å². The van der Waals surface area contributed by atoms with Crippen molar-refractivity contribution >= 4 is 21.6 Å². The molecular weight excluding hydrogens is 309 g/mol. The van der Waals surface area contributed by atoms with E-state index < -0.39 is 0 Å². The molecule has 2 aromatic carbocycles. The summed E-state index contributed by atoms with van der Waals surface area (Å²) in [5.74, 6) is 0.613. The molecule has 0 aromatic heterocycles. The molecule has 4 heteroatoms. The predicted octanol–water partition coefficient (Wildman–Crippen LogP) is 4.52. The van der Waals surface area contributed by atoms with Crippen molar-refractivity contribution in [3.05, 3.63) is 57.8 Å². The van der Waals surface area contributed by atoms with Crippen LogP contribution in [0.15, 0.2) is 40.9 Å². The summed E-state index contributed by atoms with van der Waals surface area (Å²) in [6.45, 7) is 2.34. The lowest BCUT2D eigenvalue weighted by Gasteiger charge is -2.09. The van der Waals surface area contributed by atoms with Gasteiger partial charge in [0.2, 0.25) is 0 Å². The zero-order chi connectivity index (χ0) is 13.8. The van der Waals surface area contributed by atoms with Gasteiger partial charge in [0.15, 0.2) is 0 Å². The molecule has 0 heterocycles. The number of hydrogen-bond acceptors (Lipinski definition) is 2. The van der Waals surface area contributed by atoms with Crippen molar-refractivity contribution < 1.29 is 9.13 Å². The van der Waals surface area contributed by atoms with Crippen molar-refractivity contribution in [2.24, 2.45) is 0 Å². The second kappa shape index (κ2) is 6.06. The topological polar surface area (TPSA) is 21.3 Å². The Balaban J connectivity index is 2.05. The number of nitrogens with one attached hydrogen (secondary N) is 1. The SMILES string of the molecule is COc1ccc(NCc2ccc(C)c(F)c2)cc1Br. The van der Waals surface area contributed by atoms with Crippen LogP contribution in [0, 0.1) is 12.7 Å². The van der Waals surface area contributed by atoms with E-state index in [0.29, 0.717) is 12.1 Å². The Kier molecular flexibility index (Phi) is 4.43. The van der Waals surface area contributed by atoms with Crippen LogP contribution in [0.5, 0.6) is 5.75 Å². The lowest BCUT2D eigenvalue weighted by atomic mass is 10.1. The third kappa shape index (κ3) is 3.47. The van der Waals surface area contributed by atoms with Gasteiger partial charge in [0.25, 0.3) is 0 Å². The van der Waals surface area contributed by atoms with Crippen molar-refractivity contribution in [1.82, 2.24) is 0 Å². The van der Waals surface area contributed by atoms with E-state index >= 15 is 0 Å². The summed E-state index contributed by atoms with van der Waals surface area (Å²) in [4.78, 5) is 0. The van der Waals surface area contributed by atoms with Crippen molar-refractivity contribution in [1.29, 1.82) is 0 Å². The van der Waals surface area contributed by atoms with Crippen molar-refractivity contribution in [3.63, 3.8) is 0 Å². The molecule has 0 aliphatic rings. The highest BCUT2D eigenvalue weighted by molar-refractivity contribution is 9.10. The summed E-state index contributed by atoms with van der Waals surface area (Å²) in [5.41, 5.74) is 2.53. The highest BCUT2D eigenvalue weighted by atomic mass is 79.9. The first-order chi connectivity index (χ1) is 9.10.